The molecule has 32 heavy (non-hydrogen) atoms. The van der Waals surface area contributed by atoms with Crippen molar-refractivity contribution in [2.75, 3.05) is 39.4 Å². The van der Waals surface area contributed by atoms with Gasteiger partial charge in [-0.05, 0) is 35.2 Å². The molecule has 4 rings (SSSR count). The molecule has 1 aliphatic heterocycles. The number of hydrogen-bond donors (Lipinski definition) is 2. The van der Waals surface area contributed by atoms with E-state index in [0.717, 1.165) is 61.3 Å². The number of amides is 1. The Morgan fingerprint density at radius 1 is 1.19 bits per heavy atom. The first kappa shape index (κ1) is 23.1. The lowest BCUT2D eigenvalue weighted by atomic mass is 9.87. The van der Waals surface area contributed by atoms with Gasteiger partial charge >= 0.3 is 0 Å². The molecule has 2 aromatic carbocycles. The number of morpholine rings is 1. The fourth-order valence-corrected chi connectivity index (χ4v) is 4.70. The van der Waals surface area contributed by atoms with Crippen molar-refractivity contribution in [2.24, 2.45) is 0 Å². The molecule has 2 heterocycles. The lowest BCUT2D eigenvalue weighted by Gasteiger charge is -2.26. The summed E-state index contributed by atoms with van der Waals surface area (Å²) in [4.78, 5) is 18.7. The normalized spacial score (nSPS) is 15.7. The number of nitrogens with one attached hydrogen (secondary N) is 2. The van der Waals surface area contributed by atoms with E-state index in [-0.39, 0.29) is 11.8 Å². The van der Waals surface area contributed by atoms with Crippen LogP contribution in [0.25, 0.3) is 10.9 Å². The van der Waals surface area contributed by atoms with Gasteiger partial charge in [0, 0.05) is 55.6 Å². The number of aromatic nitrogens is 1. The number of aryl methyl sites for hydroxylation is 1. The van der Waals surface area contributed by atoms with Crippen LogP contribution in [0.3, 0.4) is 0 Å². The quantitative estimate of drug-likeness (QED) is 0.483. The number of para-hydroxylation sites is 1. The van der Waals surface area contributed by atoms with Gasteiger partial charge in [0.1, 0.15) is 0 Å². The van der Waals surface area contributed by atoms with Gasteiger partial charge in [0.05, 0.1) is 23.3 Å². The number of nitrogens with zero attached hydrogens (tertiary/aromatic N) is 1. The molecule has 0 saturated carbocycles. The standard InChI is InChI=1S/C25H29Cl2N3O2/c1-2-17-4-3-5-19-21(16-29-25(17)19)20(18-6-7-22(26)23(27)14-18)15-24(31)28-8-9-30-10-12-32-13-11-30/h3-7,14,16,20,29H,2,8-13,15H2,1H3,(H,28,31)/t20-/m1/s1. The first-order valence-electron chi connectivity index (χ1n) is 11.2. The third-order valence-electron chi connectivity index (χ3n) is 6.18. The Bertz CT molecular complexity index is 1080. The van der Waals surface area contributed by atoms with Crippen LogP contribution in [-0.2, 0) is 16.0 Å². The minimum absolute atomic E-state index is 0.0235. The van der Waals surface area contributed by atoms with Gasteiger partial charge < -0.3 is 15.0 Å². The Balaban J connectivity index is 1.56. The second kappa shape index (κ2) is 10.7. The van der Waals surface area contributed by atoms with Crippen molar-refractivity contribution in [3.8, 4) is 0 Å². The highest BCUT2D eigenvalue weighted by atomic mass is 35.5. The van der Waals surface area contributed by atoms with Gasteiger partial charge in [0.15, 0.2) is 0 Å². The highest BCUT2D eigenvalue weighted by molar-refractivity contribution is 6.42. The third kappa shape index (κ3) is 5.29. The smallest absolute Gasteiger partial charge is 0.220 e. The van der Waals surface area contributed by atoms with Gasteiger partial charge in [-0.3, -0.25) is 9.69 Å². The minimum Gasteiger partial charge on any atom is -0.379 e. The second-order valence-corrected chi connectivity index (χ2v) is 8.99. The summed E-state index contributed by atoms with van der Waals surface area (Å²) in [6.07, 6.45) is 3.30. The molecule has 1 saturated heterocycles. The van der Waals surface area contributed by atoms with Crippen LogP contribution in [0.15, 0.2) is 42.6 Å². The number of halogens is 2. The van der Waals surface area contributed by atoms with E-state index in [1.54, 1.807) is 6.07 Å². The molecule has 3 aromatic rings. The van der Waals surface area contributed by atoms with E-state index in [4.69, 9.17) is 27.9 Å². The number of ether oxygens (including phenoxy) is 1. The van der Waals surface area contributed by atoms with E-state index < -0.39 is 0 Å². The number of aromatic amines is 1. The van der Waals surface area contributed by atoms with Gasteiger partial charge in [-0.25, -0.2) is 0 Å². The Labute approximate surface area is 199 Å². The molecule has 2 N–H and O–H groups in total. The number of H-pyrrole nitrogens is 1. The fourth-order valence-electron chi connectivity index (χ4n) is 4.39. The SMILES string of the molecule is CCc1cccc2c([C@H](CC(=O)NCCN3CCOCC3)c3ccc(Cl)c(Cl)c3)c[nH]c12. The number of fused-ring (bicyclic) bond motifs is 1. The molecular weight excluding hydrogens is 445 g/mol. The average Bonchev–Trinajstić information content (AvgIpc) is 3.24. The number of carbonyl (C=O) groups excluding carboxylic acids is 1. The molecule has 5 nitrogen and oxygen atoms in total. The van der Waals surface area contributed by atoms with Gasteiger partial charge in [-0.15, -0.1) is 0 Å². The van der Waals surface area contributed by atoms with Crippen molar-refractivity contribution in [1.29, 1.82) is 0 Å². The van der Waals surface area contributed by atoms with Crippen LogP contribution in [0.5, 0.6) is 0 Å². The van der Waals surface area contributed by atoms with E-state index in [2.05, 4.69) is 40.3 Å². The predicted molar refractivity (Wildman–Crippen MR) is 131 cm³/mol. The highest BCUT2D eigenvalue weighted by Crippen LogP contribution is 2.36. The van der Waals surface area contributed by atoms with E-state index >= 15 is 0 Å². The molecule has 0 aliphatic carbocycles. The van der Waals surface area contributed by atoms with Crippen LogP contribution in [0, 0.1) is 0 Å². The molecule has 0 bridgehead atoms. The molecule has 0 spiro atoms. The summed E-state index contributed by atoms with van der Waals surface area (Å²) in [6.45, 7) is 6.95. The number of carbonyl (C=O) groups is 1. The monoisotopic (exact) mass is 473 g/mol. The summed E-state index contributed by atoms with van der Waals surface area (Å²) in [5, 5.41) is 5.25. The van der Waals surface area contributed by atoms with Crippen molar-refractivity contribution in [2.45, 2.75) is 25.7 Å². The first-order valence-corrected chi connectivity index (χ1v) is 11.9. The average molecular weight is 474 g/mol. The van der Waals surface area contributed by atoms with Crippen molar-refractivity contribution in [3.05, 3.63) is 69.3 Å². The van der Waals surface area contributed by atoms with E-state index in [9.17, 15) is 4.79 Å². The Hall–Kier alpha value is -2.05. The zero-order valence-electron chi connectivity index (χ0n) is 18.3. The van der Waals surface area contributed by atoms with Gasteiger partial charge in [0.2, 0.25) is 5.91 Å². The molecule has 1 amide bonds. The van der Waals surface area contributed by atoms with Crippen molar-refractivity contribution in [3.63, 3.8) is 0 Å². The van der Waals surface area contributed by atoms with Gasteiger partial charge in [0.25, 0.3) is 0 Å². The first-order chi connectivity index (χ1) is 15.6. The zero-order chi connectivity index (χ0) is 22.5. The van der Waals surface area contributed by atoms with Crippen LogP contribution in [-0.4, -0.2) is 55.2 Å². The predicted octanol–water partition coefficient (Wildman–Crippen LogP) is 5.01. The summed E-state index contributed by atoms with van der Waals surface area (Å²) in [7, 11) is 0. The minimum atomic E-state index is -0.131. The number of rotatable bonds is 8. The maximum Gasteiger partial charge on any atom is 0.220 e. The van der Waals surface area contributed by atoms with Crippen LogP contribution in [0.1, 0.15) is 36.0 Å². The topological polar surface area (TPSA) is 57.4 Å². The van der Waals surface area contributed by atoms with Gasteiger partial charge in [-0.1, -0.05) is 54.4 Å². The van der Waals surface area contributed by atoms with Crippen molar-refractivity contribution in [1.82, 2.24) is 15.2 Å². The summed E-state index contributed by atoms with van der Waals surface area (Å²) < 4.78 is 5.39. The maximum absolute atomic E-state index is 13.0. The zero-order valence-corrected chi connectivity index (χ0v) is 19.8. The Morgan fingerprint density at radius 2 is 2.00 bits per heavy atom. The summed E-state index contributed by atoms with van der Waals surface area (Å²) in [5.74, 6) is -0.107. The molecule has 7 heteroatoms. The largest absolute Gasteiger partial charge is 0.379 e. The lowest BCUT2D eigenvalue weighted by molar-refractivity contribution is -0.121. The molecule has 0 radical (unpaired) electrons. The van der Waals surface area contributed by atoms with Crippen LogP contribution in [0.4, 0.5) is 0 Å². The summed E-state index contributed by atoms with van der Waals surface area (Å²) in [6, 6.07) is 12.0. The van der Waals surface area contributed by atoms with Crippen molar-refractivity contribution < 1.29 is 9.53 Å². The van der Waals surface area contributed by atoms with E-state index in [1.165, 1.54) is 5.56 Å². The highest BCUT2D eigenvalue weighted by Gasteiger charge is 2.23. The molecule has 0 unspecified atom stereocenters. The fraction of sp³-hybridized carbons (Fsp3) is 0.400. The Kier molecular flexibility index (Phi) is 7.74. The van der Waals surface area contributed by atoms with Crippen LogP contribution >= 0.6 is 23.2 Å². The Morgan fingerprint density at radius 3 is 2.75 bits per heavy atom. The number of benzene rings is 2. The lowest BCUT2D eigenvalue weighted by Crippen LogP contribution is -2.41. The van der Waals surface area contributed by atoms with Gasteiger partial charge in [-0.2, -0.15) is 0 Å². The summed E-state index contributed by atoms with van der Waals surface area (Å²) in [5.41, 5.74) is 4.46. The van der Waals surface area contributed by atoms with Crippen LogP contribution < -0.4 is 5.32 Å². The second-order valence-electron chi connectivity index (χ2n) is 8.17. The molecule has 1 atom stereocenters. The maximum atomic E-state index is 13.0. The molecule has 1 aliphatic rings. The molecular formula is C25H29Cl2N3O2. The summed E-state index contributed by atoms with van der Waals surface area (Å²) >= 11 is 12.5. The molecule has 1 aromatic heterocycles. The van der Waals surface area contributed by atoms with Crippen molar-refractivity contribution >= 4 is 40.0 Å². The third-order valence-corrected chi connectivity index (χ3v) is 6.92. The van der Waals surface area contributed by atoms with E-state index in [0.29, 0.717) is 23.0 Å². The van der Waals surface area contributed by atoms with E-state index in [1.807, 2.05) is 18.3 Å². The number of hydrogen-bond acceptors (Lipinski definition) is 3. The molecule has 170 valence electrons. The van der Waals surface area contributed by atoms with Crippen LogP contribution in [0.2, 0.25) is 10.0 Å². The molecule has 1 fully saturated rings.